The fraction of sp³-hybridized carbons (Fsp3) is 0.100. The van der Waals surface area contributed by atoms with Crippen LogP contribution in [0.5, 0.6) is 0 Å². The lowest BCUT2D eigenvalue weighted by molar-refractivity contribution is -0.111. The molecule has 23 heavy (non-hydrogen) atoms. The minimum atomic E-state index is -0.0308. The molecule has 0 unspecified atom stereocenters. The summed E-state index contributed by atoms with van der Waals surface area (Å²) in [6, 6.07) is 24.2. The Hall–Kier alpha value is -2.94. The normalized spacial score (nSPS) is 11.5. The van der Waals surface area contributed by atoms with Crippen molar-refractivity contribution in [2.24, 2.45) is 5.10 Å². The molecule has 0 saturated carbocycles. The molecule has 1 aromatic heterocycles. The number of hydrogen-bond donors (Lipinski definition) is 0. The van der Waals surface area contributed by atoms with Crippen LogP contribution in [0, 0.1) is 0 Å². The van der Waals surface area contributed by atoms with E-state index in [1.54, 1.807) is 6.92 Å². The largest absolute Gasteiger partial charge is 0.293 e. The first-order valence-electron chi connectivity index (χ1n) is 7.56. The Kier molecular flexibility index (Phi) is 4.20. The van der Waals surface area contributed by atoms with Gasteiger partial charge in [0, 0.05) is 18.1 Å². The highest BCUT2D eigenvalue weighted by Crippen LogP contribution is 2.29. The van der Waals surface area contributed by atoms with E-state index in [9.17, 15) is 4.79 Å². The van der Waals surface area contributed by atoms with Crippen molar-refractivity contribution in [3.05, 3.63) is 72.8 Å². The van der Waals surface area contributed by atoms with Crippen molar-refractivity contribution in [2.75, 3.05) is 0 Å². The standard InChI is InChI=1S/C20H18N2O/c1-15(16(2)23)21-22-19(17-9-5-3-6-10-17)13-14-20(22)18-11-7-4-8-12-18/h3-14H,1-2H3. The average Bonchev–Trinajstić information content (AvgIpc) is 3.00. The Morgan fingerprint density at radius 1 is 0.739 bits per heavy atom. The zero-order valence-electron chi connectivity index (χ0n) is 13.2. The van der Waals surface area contributed by atoms with Gasteiger partial charge in [-0.1, -0.05) is 60.7 Å². The van der Waals surface area contributed by atoms with Crippen LogP contribution in [0.4, 0.5) is 0 Å². The lowest BCUT2D eigenvalue weighted by atomic mass is 10.2. The van der Waals surface area contributed by atoms with Gasteiger partial charge in [-0.05, 0) is 19.1 Å². The summed E-state index contributed by atoms with van der Waals surface area (Å²) in [4.78, 5) is 11.6. The molecular weight excluding hydrogens is 284 g/mol. The van der Waals surface area contributed by atoms with Gasteiger partial charge in [-0.15, -0.1) is 0 Å². The molecule has 0 radical (unpaired) electrons. The van der Waals surface area contributed by atoms with E-state index in [-0.39, 0.29) is 5.78 Å². The molecular formula is C20H18N2O. The Bertz CT molecular complexity index is 789. The minimum absolute atomic E-state index is 0.0308. The van der Waals surface area contributed by atoms with E-state index in [1.807, 2.05) is 77.5 Å². The van der Waals surface area contributed by atoms with Crippen LogP contribution in [0.3, 0.4) is 0 Å². The van der Waals surface area contributed by atoms with Crippen LogP contribution in [0.1, 0.15) is 13.8 Å². The average molecular weight is 302 g/mol. The maximum atomic E-state index is 11.6. The first kappa shape index (κ1) is 15.0. The maximum absolute atomic E-state index is 11.6. The summed E-state index contributed by atoms with van der Waals surface area (Å²) < 4.78 is 1.85. The molecule has 114 valence electrons. The second-order valence-corrected chi connectivity index (χ2v) is 5.39. The molecule has 1 heterocycles. The van der Waals surface area contributed by atoms with Crippen molar-refractivity contribution in [2.45, 2.75) is 13.8 Å². The number of rotatable bonds is 4. The fourth-order valence-electron chi connectivity index (χ4n) is 2.41. The molecule has 3 rings (SSSR count). The van der Waals surface area contributed by atoms with Crippen molar-refractivity contribution < 1.29 is 4.79 Å². The van der Waals surface area contributed by atoms with Crippen LogP contribution in [-0.4, -0.2) is 16.2 Å². The summed E-state index contributed by atoms with van der Waals surface area (Å²) in [6.07, 6.45) is 0. The van der Waals surface area contributed by atoms with Crippen molar-refractivity contribution >= 4 is 11.5 Å². The van der Waals surface area contributed by atoms with Crippen molar-refractivity contribution in [3.63, 3.8) is 0 Å². The minimum Gasteiger partial charge on any atom is -0.293 e. The molecule has 0 bridgehead atoms. The van der Waals surface area contributed by atoms with Gasteiger partial charge in [0.05, 0.1) is 11.4 Å². The first-order chi connectivity index (χ1) is 11.2. The number of benzene rings is 2. The third-order valence-corrected chi connectivity index (χ3v) is 3.75. The zero-order valence-corrected chi connectivity index (χ0v) is 13.2. The van der Waals surface area contributed by atoms with Gasteiger partial charge in [0.15, 0.2) is 5.78 Å². The van der Waals surface area contributed by atoms with Crippen LogP contribution in [-0.2, 0) is 4.79 Å². The van der Waals surface area contributed by atoms with E-state index < -0.39 is 0 Å². The molecule has 0 amide bonds. The lowest BCUT2D eigenvalue weighted by Gasteiger charge is -2.10. The van der Waals surface area contributed by atoms with Gasteiger partial charge >= 0.3 is 0 Å². The molecule has 0 atom stereocenters. The molecule has 0 aliphatic rings. The highest BCUT2D eigenvalue weighted by atomic mass is 16.1. The molecule has 3 aromatic rings. The predicted octanol–water partition coefficient (Wildman–Crippen LogP) is 4.64. The first-order valence-corrected chi connectivity index (χ1v) is 7.56. The Balaban J connectivity index is 2.21. The number of carbonyl (C=O) groups is 1. The predicted molar refractivity (Wildman–Crippen MR) is 94.5 cm³/mol. The zero-order chi connectivity index (χ0) is 16.2. The molecule has 0 aliphatic heterocycles. The summed E-state index contributed by atoms with van der Waals surface area (Å²) in [5.74, 6) is -0.0308. The summed E-state index contributed by atoms with van der Waals surface area (Å²) in [5.41, 5.74) is 4.54. The number of ketones is 1. The van der Waals surface area contributed by atoms with E-state index in [1.165, 1.54) is 6.92 Å². The molecule has 2 aromatic carbocycles. The quantitative estimate of drug-likeness (QED) is 0.647. The monoisotopic (exact) mass is 302 g/mol. The fourth-order valence-corrected chi connectivity index (χ4v) is 2.41. The smallest absolute Gasteiger partial charge is 0.175 e. The highest BCUT2D eigenvalue weighted by Gasteiger charge is 2.12. The summed E-state index contributed by atoms with van der Waals surface area (Å²) in [7, 11) is 0. The molecule has 0 N–H and O–H groups in total. The van der Waals surface area contributed by atoms with Crippen molar-refractivity contribution in [3.8, 4) is 22.5 Å². The van der Waals surface area contributed by atoms with Gasteiger partial charge in [-0.25, -0.2) is 4.68 Å². The van der Waals surface area contributed by atoms with E-state index >= 15 is 0 Å². The van der Waals surface area contributed by atoms with Crippen LogP contribution in [0.2, 0.25) is 0 Å². The maximum Gasteiger partial charge on any atom is 0.175 e. The summed E-state index contributed by atoms with van der Waals surface area (Å²) >= 11 is 0. The molecule has 3 heteroatoms. The van der Waals surface area contributed by atoms with E-state index in [0.717, 1.165) is 22.5 Å². The van der Waals surface area contributed by atoms with E-state index in [0.29, 0.717) is 5.71 Å². The Labute approximate surface area is 135 Å². The third kappa shape index (κ3) is 3.14. The van der Waals surface area contributed by atoms with Gasteiger partial charge in [0.1, 0.15) is 5.71 Å². The van der Waals surface area contributed by atoms with Crippen LogP contribution < -0.4 is 0 Å². The number of aromatic nitrogens is 1. The number of nitrogens with zero attached hydrogens (tertiary/aromatic N) is 2. The second kappa shape index (κ2) is 6.44. The lowest BCUT2D eigenvalue weighted by Crippen LogP contribution is -2.08. The van der Waals surface area contributed by atoms with Gasteiger partial charge in [0.25, 0.3) is 0 Å². The highest BCUT2D eigenvalue weighted by molar-refractivity contribution is 6.38. The van der Waals surface area contributed by atoms with E-state index in [4.69, 9.17) is 0 Å². The third-order valence-electron chi connectivity index (χ3n) is 3.75. The van der Waals surface area contributed by atoms with Gasteiger partial charge in [-0.3, -0.25) is 4.79 Å². The SMILES string of the molecule is CC(=O)C(C)=Nn1c(-c2ccccc2)ccc1-c1ccccc1. The van der Waals surface area contributed by atoms with Crippen LogP contribution in [0.15, 0.2) is 77.9 Å². The van der Waals surface area contributed by atoms with Crippen molar-refractivity contribution in [1.82, 2.24) is 4.68 Å². The number of hydrogen-bond acceptors (Lipinski definition) is 2. The van der Waals surface area contributed by atoms with Gasteiger partial charge in [0.2, 0.25) is 0 Å². The van der Waals surface area contributed by atoms with Crippen LogP contribution in [0.25, 0.3) is 22.5 Å². The van der Waals surface area contributed by atoms with E-state index in [2.05, 4.69) is 5.10 Å². The van der Waals surface area contributed by atoms with Gasteiger partial charge < -0.3 is 0 Å². The second-order valence-electron chi connectivity index (χ2n) is 5.39. The molecule has 0 aliphatic carbocycles. The molecule has 0 spiro atoms. The number of carbonyl (C=O) groups excluding carboxylic acids is 1. The molecule has 0 saturated heterocycles. The van der Waals surface area contributed by atoms with Crippen LogP contribution >= 0.6 is 0 Å². The molecule has 3 nitrogen and oxygen atoms in total. The van der Waals surface area contributed by atoms with Crippen molar-refractivity contribution in [1.29, 1.82) is 0 Å². The molecule has 0 fully saturated rings. The Morgan fingerprint density at radius 2 is 1.17 bits per heavy atom. The summed E-state index contributed by atoms with van der Waals surface area (Å²) in [6.45, 7) is 3.28. The topological polar surface area (TPSA) is 34.4 Å². The van der Waals surface area contributed by atoms with Gasteiger partial charge in [-0.2, -0.15) is 5.10 Å². The Morgan fingerprint density at radius 3 is 1.57 bits per heavy atom. The number of Topliss-reactive ketones (excluding diaryl/α,β-unsaturated/α-hetero) is 1. The summed E-state index contributed by atoms with van der Waals surface area (Å²) in [5, 5.41) is 4.55.